The Morgan fingerprint density at radius 3 is 2.23 bits per heavy atom. The van der Waals surface area contributed by atoms with Gasteiger partial charge >= 0.3 is 0 Å². The summed E-state index contributed by atoms with van der Waals surface area (Å²) < 4.78 is 16.4. The van der Waals surface area contributed by atoms with Crippen molar-refractivity contribution in [1.82, 2.24) is 0 Å². The average Bonchev–Trinajstić information content (AvgIpc) is 2.78. The van der Waals surface area contributed by atoms with Gasteiger partial charge in [0.15, 0.2) is 17.3 Å². The third-order valence-electron chi connectivity index (χ3n) is 6.33. The van der Waals surface area contributed by atoms with E-state index in [2.05, 4.69) is 6.92 Å². The van der Waals surface area contributed by atoms with Gasteiger partial charge in [-0.3, -0.25) is 4.79 Å². The largest absolute Gasteiger partial charge is 0.502 e. The highest BCUT2D eigenvalue weighted by Crippen LogP contribution is 2.42. The average molecular weight is 424 g/mol. The van der Waals surface area contributed by atoms with E-state index >= 15 is 0 Å². The normalized spacial score (nSPS) is 18.8. The fourth-order valence-corrected chi connectivity index (χ4v) is 4.44. The van der Waals surface area contributed by atoms with E-state index < -0.39 is 11.2 Å². The van der Waals surface area contributed by atoms with Gasteiger partial charge in [-0.05, 0) is 60.9 Å². The minimum Gasteiger partial charge on any atom is -0.502 e. The lowest BCUT2D eigenvalue weighted by Gasteiger charge is -2.26. The maximum absolute atomic E-state index is 12.8. The van der Waals surface area contributed by atoms with E-state index in [9.17, 15) is 15.0 Å². The molecule has 1 aliphatic carbocycles. The molecule has 0 amide bonds. The second-order valence-corrected chi connectivity index (χ2v) is 8.50. The number of methoxy groups -OCH3 is 2. The predicted octanol–water partition coefficient (Wildman–Crippen LogP) is 5.26. The summed E-state index contributed by atoms with van der Waals surface area (Å²) in [7, 11) is 2.82. The summed E-state index contributed by atoms with van der Waals surface area (Å²) in [5.74, 6) is 1.10. The van der Waals surface area contributed by atoms with Crippen molar-refractivity contribution in [2.45, 2.75) is 39.0 Å². The molecule has 0 bridgehead atoms. The molecule has 1 saturated carbocycles. The first kappa shape index (κ1) is 21.1. The predicted molar refractivity (Wildman–Crippen MR) is 119 cm³/mol. The summed E-state index contributed by atoms with van der Waals surface area (Å²) in [5, 5.41) is 21.0. The van der Waals surface area contributed by atoms with Crippen LogP contribution in [0.3, 0.4) is 0 Å². The molecule has 6 nitrogen and oxygen atoms in total. The van der Waals surface area contributed by atoms with Gasteiger partial charge < -0.3 is 24.1 Å². The zero-order chi connectivity index (χ0) is 22.1. The Balaban J connectivity index is 1.76. The first-order valence-corrected chi connectivity index (χ1v) is 10.6. The van der Waals surface area contributed by atoms with Crippen LogP contribution in [-0.2, 0) is 6.42 Å². The first-order valence-electron chi connectivity index (χ1n) is 10.6. The van der Waals surface area contributed by atoms with Gasteiger partial charge in [0, 0.05) is 5.56 Å². The molecule has 3 aromatic rings. The number of benzene rings is 2. The van der Waals surface area contributed by atoms with Crippen LogP contribution in [0.2, 0.25) is 0 Å². The van der Waals surface area contributed by atoms with E-state index in [4.69, 9.17) is 13.9 Å². The summed E-state index contributed by atoms with van der Waals surface area (Å²) in [6.45, 7) is 2.31. The topological polar surface area (TPSA) is 89.1 Å². The summed E-state index contributed by atoms with van der Waals surface area (Å²) >= 11 is 0. The van der Waals surface area contributed by atoms with Gasteiger partial charge in [0.25, 0.3) is 0 Å². The van der Waals surface area contributed by atoms with Crippen LogP contribution in [-0.4, -0.2) is 24.4 Å². The molecule has 2 N–H and O–H groups in total. The minimum absolute atomic E-state index is 0.0118. The first-order chi connectivity index (χ1) is 14.9. The molecule has 1 aromatic heterocycles. The quantitative estimate of drug-likeness (QED) is 0.581. The smallest absolute Gasteiger partial charge is 0.235 e. The summed E-state index contributed by atoms with van der Waals surface area (Å²) in [5.41, 5.74) is 1.41. The number of hydrogen-bond donors (Lipinski definition) is 2. The van der Waals surface area contributed by atoms with Crippen molar-refractivity contribution in [3.8, 4) is 34.3 Å². The molecule has 0 radical (unpaired) electrons. The molecule has 4 rings (SSSR count). The standard InChI is InChI=1S/C25H28O6/c1-14-4-6-15(7-5-14)10-16-8-9-18-19(11-16)31-25(24(28)22(18)26)17-12-20(29-2)23(27)21(13-17)30-3/h8-9,11-15,27-28H,4-7,10H2,1-3H3. The minimum atomic E-state index is -0.500. The van der Waals surface area contributed by atoms with Crippen LogP contribution in [0.4, 0.5) is 0 Å². The molecule has 0 aliphatic heterocycles. The van der Waals surface area contributed by atoms with Crippen molar-refractivity contribution in [1.29, 1.82) is 0 Å². The number of hydrogen-bond acceptors (Lipinski definition) is 6. The van der Waals surface area contributed by atoms with Crippen molar-refractivity contribution in [2.75, 3.05) is 14.2 Å². The van der Waals surface area contributed by atoms with Crippen molar-refractivity contribution >= 4 is 11.0 Å². The molecule has 2 aromatic carbocycles. The summed E-state index contributed by atoms with van der Waals surface area (Å²) in [4.78, 5) is 12.8. The van der Waals surface area contributed by atoms with Gasteiger partial charge in [-0.2, -0.15) is 0 Å². The van der Waals surface area contributed by atoms with E-state index in [0.717, 1.165) is 17.9 Å². The van der Waals surface area contributed by atoms with Crippen molar-refractivity contribution in [3.63, 3.8) is 0 Å². The molecule has 1 fully saturated rings. The second-order valence-electron chi connectivity index (χ2n) is 8.50. The van der Waals surface area contributed by atoms with Crippen molar-refractivity contribution < 1.29 is 24.1 Å². The fraction of sp³-hybridized carbons (Fsp3) is 0.400. The maximum Gasteiger partial charge on any atom is 0.235 e. The van der Waals surface area contributed by atoms with Crippen LogP contribution in [0.15, 0.2) is 39.5 Å². The molecule has 1 aliphatic rings. The Morgan fingerprint density at radius 1 is 0.968 bits per heavy atom. The highest BCUT2D eigenvalue weighted by molar-refractivity contribution is 5.83. The molecule has 31 heavy (non-hydrogen) atoms. The Morgan fingerprint density at radius 2 is 1.61 bits per heavy atom. The lowest BCUT2D eigenvalue weighted by molar-refractivity contribution is 0.289. The highest BCUT2D eigenvalue weighted by atomic mass is 16.5. The van der Waals surface area contributed by atoms with Gasteiger partial charge in [0.1, 0.15) is 5.58 Å². The van der Waals surface area contributed by atoms with Crippen molar-refractivity contribution in [2.24, 2.45) is 11.8 Å². The van der Waals surface area contributed by atoms with Gasteiger partial charge in [0.2, 0.25) is 16.9 Å². The van der Waals surface area contributed by atoms with Crippen LogP contribution in [0.5, 0.6) is 23.0 Å². The van der Waals surface area contributed by atoms with E-state index in [1.807, 2.05) is 12.1 Å². The van der Waals surface area contributed by atoms with Gasteiger partial charge in [-0.1, -0.05) is 25.8 Å². The van der Waals surface area contributed by atoms with Gasteiger partial charge in [-0.15, -0.1) is 0 Å². The summed E-state index contributed by atoms with van der Waals surface area (Å²) in [6, 6.07) is 8.56. The molecular weight excluding hydrogens is 396 g/mol. The lowest BCUT2D eigenvalue weighted by Crippen LogP contribution is -2.14. The molecule has 0 atom stereocenters. The number of phenols is 1. The Kier molecular flexibility index (Phi) is 5.81. The van der Waals surface area contributed by atoms with E-state index in [1.165, 1.54) is 52.0 Å². The van der Waals surface area contributed by atoms with Gasteiger partial charge in [0.05, 0.1) is 19.6 Å². The fourth-order valence-electron chi connectivity index (χ4n) is 4.44. The number of aromatic hydroxyl groups is 2. The number of ether oxygens (including phenoxy) is 2. The maximum atomic E-state index is 12.8. The van der Waals surface area contributed by atoms with Crippen LogP contribution >= 0.6 is 0 Å². The number of rotatable bonds is 5. The van der Waals surface area contributed by atoms with Crippen LogP contribution < -0.4 is 14.9 Å². The zero-order valence-electron chi connectivity index (χ0n) is 18.1. The molecule has 0 saturated heterocycles. The van der Waals surface area contributed by atoms with E-state index in [0.29, 0.717) is 22.5 Å². The third kappa shape index (κ3) is 4.07. The Labute approximate surface area is 181 Å². The molecule has 1 heterocycles. The summed E-state index contributed by atoms with van der Waals surface area (Å²) in [6.07, 6.45) is 5.91. The highest BCUT2D eigenvalue weighted by Gasteiger charge is 2.21. The second kappa shape index (κ2) is 8.53. The molecule has 6 heteroatoms. The SMILES string of the molecule is COc1cc(-c2oc3cc(CC4CCC(C)CC4)ccc3c(=O)c2O)cc(OC)c1O. The Hall–Kier alpha value is -3.15. The molecule has 164 valence electrons. The Bertz CT molecular complexity index is 1130. The van der Waals surface area contributed by atoms with E-state index in [-0.39, 0.29) is 23.0 Å². The molecular formula is C25H28O6. The molecule has 0 spiro atoms. The van der Waals surface area contributed by atoms with Gasteiger partial charge in [-0.25, -0.2) is 0 Å². The number of phenolic OH excluding ortho intramolecular Hbond substituents is 1. The monoisotopic (exact) mass is 424 g/mol. The van der Waals surface area contributed by atoms with Crippen LogP contribution in [0, 0.1) is 11.8 Å². The third-order valence-corrected chi connectivity index (χ3v) is 6.33. The number of fused-ring (bicyclic) bond motifs is 1. The van der Waals surface area contributed by atoms with Crippen LogP contribution in [0.1, 0.15) is 38.2 Å². The van der Waals surface area contributed by atoms with Crippen LogP contribution in [0.25, 0.3) is 22.3 Å². The van der Waals surface area contributed by atoms with Crippen molar-refractivity contribution in [3.05, 3.63) is 46.1 Å². The zero-order valence-corrected chi connectivity index (χ0v) is 18.1. The van der Waals surface area contributed by atoms with E-state index in [1.54, 1.807) is 6.07 Å². The lowest BCUT2D eigenvalue weighted by atomic mass is 9.80. The molecule has 0 unspecified atom stereocenters.